The van der Waals surface area contributed by atoms with E-state index in [4.69, 9.17) is 4.74 Å². The van der Waals surface area contributed by atoms with Crippen molar-refractivity contribution in [2.45, 2.75) is 40.7 Å². The highest BCUT2D eigenvalue weighted by Gasteiger charge is 1.93. The summed E-state index contributed by atoms with van der Waals surface area (Å²) in [6, 6.07) is 10.3. The molecule has 0 aliphatic rings. The molecule has 0 amide bonds. The number of benzene rings is 1. The average Bonchev–Trinajstić information content (AvgIpc) is 2.44. The third-order valence-electron chi connectivity index (χ3n) is 2.01. The van der Waals surface area contributed by atoms with E-state index in [1.54, 1.807) is 0 Å². The zero-order chi connectivity index (χ0) is 14.2. The fraction of sp³-hybridized carbons (Fsp3) is 0.625. The van der Waals surface area contributed by atoms with Crippen LogP contribution in [0.25, 0.3) is 0 Å². The van der Waals surface area contributed by atoms with Gasteiger partial charge in [-0.2, -0.15) is 0 Å². The summed E-state index contributed by atoms with van der Waals surface area (Å²) in [5, 5.41) is 0. The summed E-state index contributed by atoms with van der Waals surface area (Å²) in [4.78, 5) is 2.17. The molecule has 2 heteroatoms. The van der Waals surface area contributed by atoms with Gasteiger partial charge in [-0.15, -0.1) is 0 Å². The molecule has 106 valence electrons. The van der Waals surface area contributed by atoms with Gasteiger partial charge in [0.25, 0.3) is 0 Å². The third kappa shape index (κ3) is 13.2. The van der Waals surface area contributed by atoms with Gasteiger partial charge in [-0.3, -0.25) is 0 Å². The van der Waals surface area contributed by atoms with E-state index in [2.05, 4.69) is 31.1 Å². The van der Waals surface area contributed by atoms with Crippen LogP contribution in [0, 0.1) is 0 Å². The molecule has 0 radical (unpaired) electrons. The molecular weight excluding hydrogens is 222 g/mol. The van der Waals surface area contributed by atoms with Crippen molar-refractivity contribution in [3.63, 3.8) is 0 Å². The van der Waals surface area contributed by atoms with E-state index in [-0.39, 0.29) is 0 Å². The van der Waals surface area contributed by atoms with Crippen LogP contribution < -0.4 is 0 Å². The summed E-state index contributed by atoms with van der Waals surface area (Å²) in [6.07, 6.45) is 1.10. The SMILES string of the molecule is CC.CC.CN(C)CCCOCc1ccccc1. The highest BCUT2D eigenvalue weighted by Crippen LogP contribution is 2.00. The Hall–Kier alpha value is -0.860. The molecule has 0 unspecified atom stereocenters. The lowest BCUT2D eigenvalue weighted by molar-refractivity contribution is 0.113. The Morgan fingerprint density at radius 2 is 1.50 bits per heavy atom. The minimum absolute atomic E-state index is 0.730. The largest absolute Gasteiger partial charge is 0.377 e. The second-order valence-electron chi connectivity index (χ2n) is 3.70. The maximum atomic E-state index is 5.54. The molecule has 0 N–H and O–H groups in total. The fourth-order valence-corrected chi connectivity index (χ4v) is 1.25. The zero-order valence-electron chi connectivity index (χ0n) is 13.1. The molecule has 0 atom stereocenters. The van der Waals surface area contributed by atoms with Gasteiger partial charge < -0.3 is 9.64 Å². The first-order valence-electron chi connectivity index (χ1n) is 7.05. The molecule has 0 aromatic heterocycles. The van der Waals surface area contributed by atoms with E-state index in [0.29, 0.717) is 0 Å². The highest BCUT2D eigenvalue weighted by atomic mass is 16.5. The van der Waals surface area contributed by atoms with E-state index in [1.807, 2.05) is 45.9 Å². The molecule has 0 heterocycles. The van der Waals surface area contributed by atoms with Crippen molar-refractivity contribution < 1.29 is 4.74 Å². The fourth-order valence-electron chi connectivity index (χ4n) is 1.25. The third-order valence-corrected chi connectivity index (χ3v) is 2.01. The van der Waals surface area contributed by atoms with Gasteiger partial charge in [0.2, 0.25) is 0 Å². The number of hydrogen-bond acceptors (Lipinski definition) is 2. The Labute approximate surface area is 114 Å². The van der Waals surface area contributed by atoms with Gasteiger partial charge in [0, 0.05) is 6.61 Å². The van der Waals surface area contributed by atoms with Crippen LogP contribution in [-0.2, 0) is 11.3 Å². The van der Waals surface area contributed by atoms with Crippen LogP contribution in [0.3, 0.4) is 0 Å². The van der Waals surface area contributed by atoms with Gasteiger partial charge in [-0.1, -0.05) is 58.0 Å². The van der Waals surface area contributed by atoms with Crippen molar-refractivity contribution in [2.24, 2.45) is 0 Å². The predicted molar refractivity (Wildman–Crippen MR) is 82.0 cm³/mol. The van der Waals surface area contributed by atoms with Gasteiger partial charge in [0.15, 0.2) is 0 Å². The lowest BCUT2D eigenvalue weighted by Crippen LogP contribution is -2.14. The van der Waals surface area contributed by atoms with Crippen molar-refractivity contribution in [1.82, 2.24) is 4.90 Å². The zero-order valence-corrected chi connectivity index (χ0v) is 13.1. The average molecular weight is 253 g/mol. The van der Waals surface area contributed by atoms with Gasteiger partial charge in [0.05, 0.1) is 6.61 Å². The molecule has 0 saturated heterocycles. The second-order valence-corrected chi connectivity index (χ2v) is 3.70. The van der Waals surface area contributed by atoms with Crippen LogP contribution in [-0.4, -0.2) is 32.1 Å². The molecule has 1 rings (SSSR count). The standard InChI is InChI=1S/C12H19NO.2C2H6/c1-13(2)9-6-10-14-11-12-7-4-3-5-8-12;2*1-2/h3-5,7-8H,6,9-11H2,1-2H3;2*1-2H3. The molecule has 0 fully saturated rings. The van der Waals surface area contributed by atoms with Gasteiger partial charge in [-0.25, -0.2) is 0 Å². The Balaban J connectivity index is 0. The first-order valence-corrected chi connectivity index (χ1v) is 7.05. The number of nitrogens with zero attached hydrogens (tertiary/aromatic N) is 1. The molecular formula is C16H31NO. The van der Waals surface area contributed by atoms with Gasteiger partial charge in [-0.05, 0) is 32.6 Å². The Kier molecular flexibility index (Phi) is 17.5. The summed E-state index contributed by atoms with van der Waals surface area (Å²) in [5.41, 5.74) is 1.25. The van der Waals surface area contributed by atoms with E-state index in [9.17, 15) is 0 Å². The van der Waals surface area contributed by atoms with Crippen LogP contribution in [0.5, 0.6) is 0 Å². The Morgan fingerprint density at radius 3 is 2.00 bits per heavy atom. The van der Waals surface area contributed by atoms with Crippen LogP contribution in [0.15, 0.2) is 30.3 Å². The molecule has 1 aromatic carbocycles. The highest BCUT2D eigenvalue weighted by molar-refractivity contribution is 5.13. The quantitative estimate of drug-likeness (QED) is 0.704. The van der Waals surface area contributed by atoms with Crippen molar-refractivity contribution >= 4 is 0 Å². The summed E-state index contributed by atoms with van der Waals surface area (Å²) in [7, 11) is 4.16. The molecule has 1 aromatic rings. The molecule has 0 bridgehead atoms. The summed E-state index contributed by atoms with van der Waals surface area (Å²) >= 11 is 0. The number of ether oxygens (including phenoxy) is 1. The maximum Gasteiger partial charge on any atom is 0.0716 e. The van der Waals surface area contributed by atoms with E-state index in [1.165, 1.54) is 5.56 Å². The van der Waals surface area contributed by atoms with Crippen molar-refractivity contribution in [3.8, 4) is 0 Å². The minimum Gasteiger partial charge on any atom is -0.377 e. The normalized spacial score (nSPS) is 9.06. The van der Waals surface area contributed by atoms with E-state index >= 15 is 0 Å². The van der Waals surface area contributed by atoms with Gasteiger partial charge >= 0.3 is 0 Å². The molecule has 0 spiro atoms. The maximum absolute atomic E-state index is 5.54. The van der Waals surface area contributed by atoms with Crippen LogP contribution in [0.2, 0.25) is 0 Å². The first-order chi connectivity index (χ1) is 8.79. The summed E-state index contributed by atoms with van der Waals surface area (Å²) in [5.74, 6) is 0. The number of hydrogen-bond donors (Lipinski definition) is 0. The second kappa shape index (κ2) is 16.1. The summed E-state index contributed by atoms with van der Waals surface area (Å²) in [6.45, 7) is 10.7. The monoisotopic (exact) mass is 253 g/mol. The first kappa shape index (κ1) is 19.5. The topological polar surface area (TPSA) is 12.5 Å². The predicted octanol–water partition coefficient (Wildman–Crippen LogP) is 4.21. The van der Waals surface area contributed by atoms with E-state index in [0.717, 1.165) is 26.2 Å². The summed E-state index contributed by atoms with van der Waals surface area (Å²) < 4.78 is 5.54. The van der Waals surface area contributed by atoms with E-state index < -0.39 is 0 Å². The Bertz CT molecular complexity index is 234. The Morgan fingerprint density at radius 1 is 0.944 bits per heavy atom. The lowest BCUT2D eigenvalue weighted by atomic mass is 10.2. The smallest absolute Gasteiger partial charge is 0.0716 e. The van der Waals surface area contributed by atoms with Crippen LogP contribution in [0.4, 0.5) is 0 Å². The molecule has 2 nitrogen and oxygen atoms in total. The van der Waals surface area contributed by atoms with Crippen molar-refractivity contribution in [2.75, 3.05) is 27.2 Å². The lowest BCUT2D eigenvalue weighted by Gasteiger charge is -2.09. The van der Waals surface area contributed by atoms with Gasteiger partial charge in [0.1, 0.15) is 0 Å². The van der Waals surface area contributed by atoms with Crippen LogP contribution >= 0.6 is 0 Å². The molecule has 0 aliphatic carbocycles. The number of rotatable bonds is 6. The molecule has 18 heavy (non-hydrogen) atoms. The van der Waals surface area contributed by atoms with Crippen molar-refractivity contribution in [3.05, 3.63) is 35.9 Å². The minimum atomic E-state index is 0.730. The van der Waals surface area contributed by atoms with Crippen LogP contribution in [0.1, 0.15) is 39.7 Å². The van der Waals surface area contributed by atoms with Crippen molar-refractivity contribution in [1.29, 1.82) is 0 Å². The molecule has 0 aliphatic heterocycles. The molecule has 0 saturated carbocycles.